The molecule has 1 aromatic rings. The first-order valence-corrected chi connectivity index (χ1v) is 8.72. The van der Waals surface area contributed by atoms with Crippen LogP contribution in [0.3, 0.4) is 0 Å². The fourth-order valence-electron chi connectivity index (χ4n) is 3.85. The van der Waals surface area contributed by atoms with Crippen LogP contribution < -0.4 is 4.74 Å². The summed E-state index contributed by atoms with van der Waals surface area (Å²) >= 11 is 0. The Morgan fingerprint density at radius 3 is 2.88 bits per heavy atom. The van der Waals surface area contributed by atoms with Crippen LogP contribution in [0.2, 0.25) is 0 Å². The van der Waals surface area contributed by atoms with Crippen molar-refractivity contribution in [2.24, 2.45) is 0 Å². The Hall–Kier alpha value is -1.41. The summed E-state index contributed by atoms with van der Waals surface area (Å²) in [6.45, 7) is 6.06. The molecule has 3 heterocycles. The summed E-state index contributed by atoms with van der Waals surface area (Å²) in [5.41, 5.74) is 0.0566. The maximum atomic E-state index is 12.7. The Labute approximate surface area is 145 Å². The zero-order valence-electron chi connectivity index (χ0n) is 14.6. The van der Waals surface area contributed by atoms with E-state index < -0.39 is 12.0 Å². The highest BCUT2D eigenvalue weighted by Crippen LogP contribution is 2.42. The third kappa shape index (κ3) is 4.06. The highest BCUT2D eigenvalue weighted by Gasteiger charge is 2.49. The molecule has 3 rings (SSSR count). The summed E-state index contributed by atoms with van der Waals surface area (Å²) < 4.78 is 49.5. The first-order valence-electron chi connectivity index (χ1n) is 8.72. The predicted molar refractivity (Wildman–Crippen MR) is 85.3 cm³/mol. The van der Waals surface area contributed by atoms with Gasteiger partial charge in [-0.1, -0.05) is 0 Å². The lowest BCUT2D eigenvalue weighted by Crippen LogP contribution is -2.47. The van der Waals surface area contributed by atoms with E-state index >= 15 is 0 Å². The topological polar surface area (TPSA) is 47.5 Å². The second-order valence-corrected chi connectivity index (χ2v) is 7.10. The molecule has 2 aliphatic rings. The van der Waals surface area contributed by atoms with Crippen molar-refractivity contribution >= 4 is 0 Å². The van der Waals surface area contributed by atoms with Crippen LogP contribution in [-0.2, 0) is 10.9 Å². The molecule has 0 amide bonds. The summed E-state index contributed by atoms with van der Waals surface area (Å²) in [6, 6.07) is 1.55. The summed E-state index contributed by atoms with van der Waals surface area (Å²) in [7, 11) is 0. The number of halogens is 3. The third-order valence-corrected chi connectivity index (χ3v) is 5.03. The smallest absolute Gasteiger partial charge is 0.451 e. The monoisotopic (exact) mass is 359 g/mol. The van der Waals surface area contributed by atoms with Gasteiger partial charge in [-0.2, -0.15) is 18.2 Å². The van der Waals surface area contributed by atoms with Crippen molar-refractivity contribution < 1.29 is 22.6 Å². The SMILES string of the molecule is CC(C)OC[C@@]12CCCN1[C@H](COc1ccnc(C(F)(F)F)n1)CC2. The van der Waals surface area contributed by atoms with Gasteiger partial charge in [0.25, 0.3) is 0 Å². The first-order chi connectivity index (χ1) is 11.8. The molecule has 140 valence electrons. The summed E-state index contributed by atoms with van der Waals surface area (Å²) in [4.78, 5) is 9.14. The zero-order valence-corrected chi connectivity index (χ0v) is 14.6. The number of rotatable bonds is 6. The minimum absolute atomic E-state index is 0.0301. The van der Waals surface area contributed by atoms with E-state index in [0.29, 0.717) is 13.2 Å². The number of alkyl halides is 3. The van der Waals surface area contributed by atoms with E-state index in [-0.39, 0.29) is 23.6 Å². The maximum Gasteiger partial charge on any atom is 0.451 e. The van der Waals surface area contributed by atoms with Crippen LogP contribution in [0.4, 0.5) is 13.2 Å². The Morgan fingerprint density at radius 2 is 2.16 bits per heavy atom. The highest BCUT2D eigenvalue weighted by molar-refractivity contribution is 5.11. The Kier molecular flexibility index (Phi) is 5.20. The number of aromatic nitrogens is 2. The van der Waals surface area contributed by atoms with Crippen molar-refractivity contribution in [1.29, 1.82) is 0 Å². The van der Waals surface area contributed by atoms with Gasteiger partial charge in [0.2, 0.25) is 11.7 Å². The maximum absolute atomic E-state index is 12.7. The quantitative estimate of drug-likeness (QED) is 0.780. The lowest BCUT2D eigenvalue weighted by atomic mass is 9.95. The molecule has 2 atom stereocenters. The van der Waals surface area contributed by atoms with Gasteiger partial charge in [0.05, 0.1) is 12.7 Å². The first kappa shape index (κ1) is 18.4. The van der Waals surface area contributed by atoms with Crippen LogP contribution in [0.15, 0.2) is 12.3 Å². The van der Waals surface area contributed by atoms with Crippen LogP contribution >= 0.6 is 0 Å². The molecule has 0 bridgehead atoms. The summed E-state index contributed by atoms with van der Waals surface area (Å²) in [5.74, 6) is -1.20. The standard InChI is InChI=1S/C17H24F3N3O2/c1-12(2)25-11-16-6-3-9-23(16)13(4-7-16)10-24-14-5-8-21-15(22-14)17(18,19)20/h5,8,12-13H,3-4,6-7,9-11H2,1-2H3/t13-,16-/m0/s1. The minimum atomic E-state index is -4.56. The summed E-state index contributed by atoms with van der Waals surface area (Å²) in [6.07, 6.45) is 0.908. The number of hydrogen-bond acceptors (Lipinski definition) is 5. The zero-order chi connectivity index (χ0) is 18.1. The molecule has 2 aliphatic heterocycles. The molecule has 25 heavy (non-hydrogen) atoms. The second-order valence-electron chi connectivity index (χ2n) is 7.10. The molecule has 5 nitrogen and oxygen atoms in total. The average molecular weight is 359 g/mol. The highest BCUT2D eigenvalue weighted by atomic mass is 19.4. The molecule has 2 fully saturated rings. The molecule has 0 N–H and O–H groups in total. The van der Waals surface area contributed by atoms with Gasteiger partial charge >= 0.3 is 6.18 Å². The van der Waals surface area contributed by atoms with Crippen molar-refractivity contribution in [2.45, 2.75) is 63.4 Å². The molecule has 1 aromatic heterocycles. The normalized spacial score (nSPS) is 27.0. The Morgan fingerprint density at radius 1 is 1.36 bits per heavy atom. The van der Waals surface area contributed by atoms with Crippen LogP contribution in [0.1, 0.15) is 45.4 Å². The Balaban J connectivity index is 1.61. The lowest BCUT2D eigenvalue weighted by Gasteiger charge is -2.35. The molecule has 2 saturated heterocycles. The van der Waals surface area contributed by atoms with Crippen LogP contribution in [-0.4, -0.2) is 52.3 Å². The number of hydrogen-bond donors (Lipinski definition) is 0. The average Bonchev–Trinajstić information content (AvgIpc) is 3.10. The molecule has 0 saturated carbocycles. The van der Waals surface area contributed by atoms with Gasteiger partial charge in [-0.05, 0) is 46.1 Å². The minimum Gasteiger partial charge on any atom is -0.476 e. The van der Waals surface area contributed by atoms with Gasteiger partial charge < -0.3 is 9.47 Å². The van der Waals surface area contributed by atoms with E-state index in [4.69, 9.17) is 9.47 Å². The van der Waals surface area contributed by atoms with E-state index in [1.54, 1.807) is 0 Å². The molecule has 0 radical (unpaired) electrons. The lowest BCUT2D eigenvalue weighted by molar-refractivity contribution is -0.145. The van der Waals surface area contributed by atoms with Gasteiger partial charge in [0.15, 0.2) is 0 Å². The van der Waals surface area contributed by atoms with Crippen molar-refractivity contribution in [3.05, 3.63) is 18.1 Å². The van der Waals surface area contributed by atoms with Crippen molar-refractivity contribution in [1.82, 2.24) is 14.9 Å². The fourth-order valence-corrected chi connectivity index (χ4v) is 3.85. The van der Waals surface area contributed by atoms with E-state index in [1.807, 2.05) is 13.8 Å². The van der Waals surface area contributed by atoms with E-state index in [2.05, 4.69) is 14.9 Å². The molecule has 8 heteroatoms. The molecule has 0 spiro atoms. The Bertz CT molecular complexity index is 597. The van der Waals surface area contributed by atoms with E-state index in [1.165, 1.54) is 6.07 Å². The number of fused-ring (bicyclic) bond motifs is 1. The second kappa shape index (κ2) is 7.07. The van der Waals surface area contributed by atoms with Gasteiger partial charge in [-0.15, -0.1) is 0 Å². The van der Waals surface area contributed by atoms with Crippen molar-refractivity contribution in [2.75, 3.05) is 19.8 Å². The van der Waals surface area contributed by atoms with Crippen molar-refractivity contribution in [3.8, 4) is 5.88 Å². The predicted octanol–water partition coefficient (Wildman–Crippen LogP) is 3.30. The van der Waals surface area contributed by atoms with Crippen LogP contribution in [0.25, 0.3) is 0 Å². The van der Waals surface area contributed by atoms with Crippen molar-refractivity contribution in [3.63, 3.8) is 0 Å². The molecular weight excluding hydrogens is 335 g/mol. The third-order valence-electron chi connectivity index (χ3n) is 5.03. The van der Waals surface area contributed by atoms with Crippen LogP contribution in [0, 0.1) is 0 Å². The van der Waals surface area contributed by atoms with Crippen LogP contribution in [0.5, 0.6) is 5.88 Å². The number of ether oxygens (including phenoxy) is 2. The molecule has 0 unspecified atom stereocenters. The summed E-state index contributed by atoms with van der Waals surface area (Å²) in [5, 5.41) is 0. The molecule has 0 aliphatic carbocycles. The van der Waals surface area contributed by atoms with Gasteiger partial charge in [-0.3, -0.25) is 4.90 Å². The molecule has 0 aromatic carbocycles. The van der Waals surface area contributed by atoms with E-state index in [9.17, 15) is 13.2 Å². The van der Waals surface area contributed by atoms with Gasteiger partial charge in [0, 0.05) is 23.8 Å². The largest absolute Gasteiger partial charge is 0.476 e. The number of nitrogens with zero attached hydrogens (tertiary/aromatic N) is 3. The van der Waals surface area contributed by atoms with Gasteiger partial charge in [-0.25, -0.2) is 4.98 Å². The van der Waals surface area contributed by atoms with E-state index in [0.717, 1.165) is 38.4 Å². The van der Waals surface area contributed by atoms with Gasteiger partial charge in [0.1, 0.15) is 6.61 Å². The molecular formula is C17H24F3N3O2. The fraction of sp³-hybridized carbons (Fsp3) is 0.765.